The Hall–Kier alpha value is -4.60. The summed E-state index contributed by atoms with van der Waals surface area (Å²) in [5, 5.41) is 2.34. The van der Waals surface area contributed by atoms with Gasteiger partial charge in [-0.25, -0.2) is 31.9 Å². The molecule has 0 atom stereocenters. The third kappa shape index (κ3) is 5.22. The van der Waals surface area contributed by atoms with Crippen LogP contribution in [0.15, 0.2) is 60.8 Å². The lowest BCUT2D eigenvalue weighted by atomic mass is 10.1. The maximum Gasteiger partial charge on any atom is 0.230 e. The Morgan fingerprint density at radius 1 is 0.833 bits per heavy atom. The maximum atomic E-state index is 14.0. The SMILES string of the molecule is Nc1ccc(-c2cnc(NC(=O)Cc3c(F)c(F)c(F)c(F)c3F)c(/C=C/c3ccccc3)n2)cc1. The van der Waals surface area contributed by atoms with Crippen molar-refractivity contribution in [2.75, 3.05) is 11.1 Å². The van der Waals surface area contributed by atoms with E-state index in [4.69, 9.17) is 5.73 Å². The van der Waals surface area contributed by atoms with Crippen molar-refractivity contribution in [3.8, 4) is 11.3 Å². The summed E-state index contributed by atoms with van der Waals surface area (Å²) in [6.07, 6.45) is 3.52. The van der Waals surface area contributed by atoms with Crippen molar-refractivity contribution in [1.29, 1.82) is 0 Å². The van der Waals surface area contributed by atoms with Gasteiger partial charge in [0.25, 0.3) is 0 Å². The van der Waals surface area contributed by atoms with Crippen LogP contribution in [0.4, 0.5) is 33.5 Å². The summed E-state index contributed by atoms with van der Waals surface area (Å²) in [6, 6.07) is 15.9. The monoisotopic (exact) mass is 496 g/mol. The standard InChI is InChI=1S/C26H17F5N4O/c27-21-17(22(28)24(30)25(31)23(21)29)12-20(36)35-26-18(11-6-14-4-2-1-3-5-14)34-19(13-33-26)15-7-9-16(32)10-8-15/h1-11,13H,12,32H2,(H,33,35,36)/b11-6+. The number of hydrogen-bond acceptors (Lipinski definition) is 4. The number of halogens is 5. The van der Waals surface area contributed by atoms with Crippen molar-refractivity contribution in [2.24, 2.45) is 0 Å². The van der Waals surface area contributed by atoms with Crippen LogP contribution in [0.1, 0.15) is 16.8 Å². The number of benzene rings is 3. The molecule has 3 aromatic carbocycles. The lowest BCUT2D eigenvalue weighted by Crippen LogP contribution is -2.20. The highest BCUT2D eigenvalue weighted by Gasteiger charge is 2.27. The molecule has 36 heavy (non-hydrogen) atoms. The zero-order valence-electron chi connectivity index (χ0n) is 18.4. The smallest absolute Gasteiger partial charge is 0.230 e. The molecule has 0 saturated carbocycles. The Morgan fingerprint density at radius 2 is 1.44 bits per heavy atom. The minimum atomic E-state index is -2.30. The van der Waals surface area contributed by atoms with Gasteiger partial charge < -0.3 is 11.1 Å². The quantitative estimate of drug-likeness (QED) is 0.154. The van der Waals surface area contributed by atoms with Gasteiger partial charge in [0.1, 0.15) is 5.69 Å². The summed E-state index contributed by atoms with van der Waals surface area (Å²) in [5.74, 6) is -11.8. The zero-order valence-corrected chi connectivity index (χ0v) is 18.4. The number of carbonyl (C=O) groups is 1. The lowest BCUT2D eigenvalue weighted by molar-refractivity contribution is -0.115. The molecular formula is C26H17F5N4O. The van der Waals surface area contributed by atoms with Gasteiger partial charge in [-0.1, -0.05) is 48.5 Å². The van der Waals surface area contributed by atoms with Gasteiger partial charge >= 0.3 is 0 Å². The van der Waals surface area contributed by atoms with Gasteiger partial charge in [-0.05, 0) is 23.8 Å². The molecule has 5 nitrogen and oxygen atoms in total. The summed E-state index contributed by atoms with van der Waals surface area (Å²) >= 11 is 0. The van der Waals surface area contributed by atoms with E-state index in [1.165, 1.54) is 6.20 Å². The lowest BCUT2D eigenvalue weighted by Gasteiger charge is -2.11. The number of amides is 1. The van der Waals surface area contributed by atoms with Crippen LogP contribution in [0, 0.1) is 29.1 Å². The minimum absolute atomic E-state index is 0.0738. The van der Waals surface area contributed by atoms with Crippen molar-refractivity contribution in [3.05, 3.63) is 107 Å². The molecule has 0 aliphatic rings. The van der Waals surface area contributed by atoms with E-state index in [1.807, 2.05) is 30.3 Å². The number of nitrogens with two attached hydrogens (primary N) is 1. The van der Waals surface area contributed by atoms with Gasteiger partial charge in [-0.2, -0.15) is 0 Å². The summed E-state index contributed by atoms with van der Waals surface area (Å²) in [4.78, 5) is 21.2. The Labute approximate surface area is 202 Å². The van der Waals surface area contributed by atoms with Gasteiger partial charge in [0.15, 0.2) is 29.1 Å². The van der Waals surface area contributed by atoms with Crippen LogP contribution in [0.2, 0.25) is 0 Å². The van der Waals surface area contributed by atoms with Crippen molar-refractivity contribution in [1.82, 2.24) is 9.97 Å². The number of carbonyl (C=O) groups excluding carboxylic acids is 1. The van der Waals surface area contributed by atoms with E-state index in [0.717, 1.165) is 5.56 Å². The fourth-order valence-corrected chi connectivity index (χ4v) is 3.29. The Bertz CT molecular complexity index is 1430. The predicted molar refractivity (Wildman–Crippen MR) is 126 cm³/mol. The molecule has 0 spiro atoms. The summed E-state index contributed by atoms with van der Waals surface area (Å²) in [7, 11) is 0. The number of rotatable bonds is 6. The van der Waals surface area contributed by atoms with E-state index in [0.29, 0.717) is 16.9 Å². The number of hydrogen-bond donors (Lipinski definition) is 2. The molecule has 0 saturated heterocycles. The first-order chi connectivity index (χ1) is 17.2. The molecule has 1 aromatic heterocycles. The largest absolute Gasteiger partial charge is 0.399 e. The molecule has 0 radical (unpaired) electrons. The number of nitrogens with zero attached hydrogens (tertiary/aromatic N) is 2. The van der Waals surface area contributed by atoms with Gasteiger partial charge in [0, 0.05) is 16.8 Å². The fraction of sp³-hybridized carbons (Fsp3) is 0.0385. The van der Waals surface area contributed by atoms with E-state index in [2.05, 4.69) is 15.3 Å². The topological polar surface area (TPSA) is 80.9 Å². The van der Waals surface area contributed by atoms with Crippen molar-refractivity contribution in [2.45, 2.75) is 6.42 Å². The highest BCUT2D eigenvalue weighted by molar-refractivity contribution is 5.93. The van der Waals surface area contributed by atoms with Crippen molar-refractivity contribution >= 4 is 29.6 Å². The first-order valence-corrected chi connectivity index (χ1v) is 10.5. The highest BCUT2D eigenvalue weighted by atomic mass is 19.2. The van der Waals surface area contributed by atoms with E-state index in [1.54, 1.807) is 36.4 Å². The van der Waals surface area contributed by atoms with Crippen LogP contribution in [0.3, 0.4) is 0 Å². The molecule has 0 aliphatic carbocycles. The van der Waals surface area contributed by atoms with Gasteiger partial charge in [0.05, 0.1) is 18.3 Å². The molecule has 182 valence electrons. The Kier molecular flexibility index (Phi) is 7.05. The average Bonchev–Trinajstić information content (AvgIpc) is 2.89. The highest BCUT2D eigenvalue weighted by Crippen LogP contribution is 2.25. The summed E-state index contributed by atoms with van der Waals surface area (Å²) < 4.78 is 68.3. The molecule has 0 bridgehead atoms. The summed E-state index contributed by atoms with van der Waals surface area (Å²) in [5.41, 5.74) is 7.16. The van der Waals surface area contributed by atoms with Crippen LogP contribution < -0.4 is 11.1 Å². The molecular weight excluding hydrogens is 479 g/mol. The number of nitrogen functional groups attached to an aromatic ring is 1. The first kappa shape index (κ1) is 24.5. The minimum Gasteiger partial charge on any atom is -0.399 e. The molecule has 3 N–H and O–H groups in total. The van der Waals surface area contributed by atoms with Crippen LogP contribution in [-0.2, 0) is 11.2 Å². The second-order valence-electron chi connectivity index (χ2n) is 7.63. The molecule has 0 aliphatic heterocycles. The molecule has 0 unspecified atom stereocenters. The van der Waals surface area contributed by atoms with Crippen LogP contribution in [0.25, 0.3) is 23.4 Å². The van der Waals surface area contributed by atoms with Crippen molar-refractivity contribution in [3.63, 3.8) is 0 Å². The van der Waals surface area contributed by atoms with E-state index in [-0.39, 0.29) is 11.5 Å². The average molecular weight is 496 g/mol. The van der Waals surface area contributed by atoms with Gasteiger partial charge in [-0.15, -0.1) is 0 Å². The molecule has 10 heteroatoms. The van der Waals surface area contributed by atoms with E-state index in [9.17, 15) is 26.7 Å². The van der Waals surface area contributed by atoms with E-state index < -0.39 is 47.0 Å². The van der Waals surface area contributed by atoms with Crippen molar-refractivity contribution < 1.29 is 26.7 Å². The number of nitrogens with one attached hydrogen (secondary N) is 1. The Balaban J connectivity index is 1.67. The van der Waals surface area contributed by atoms with Crippen LogP contribution in [0.5, 0.6) is 0 Å². The second-order valence-corrected chi connectivity index (χ2v) is 7.63. The number of anilines is 2. The second kappa shape index (κ2) is 10.3. The van der Waals surface area contributed by atoms with E-state index >= 15 is 0 Å². The van der Waals surface area contributed by atoms with Crippen LogP contribution >= 0.6 is 0 Å². The fourth-order valence-electron chi connectivity index (χ4n) is 3.29. The van der Waals surface area contributed by atoms with Gasteiger partial charge in [-0.3, -0.25) is 4.79 Å². The summed E-state index contributed by atoms with van der Waals surface area (Å²) in [6.45, 7) is 0. The van der Waals surface area contributed by atoms with Gasteiger partial charge in [0.2, 0.25) is 11.7 Å². The third-order valence-electron chi connectivity index (χ3n) is 5.14. The third-order valence-corrected chi connectivity index (χ3v) is 5.14. The predicted octanol–water partition coefficient (Wildman–Crippen LogP) is 5.77. The molecule has 1 amide bonds. The molecule has 4 aromatic rings. The molecule has 1 heterocycles. The first-order valence-electron chi connectivity index (χ1n) is 10.5. The normalized spacial score (nSPS) is 11.1. The number of aromatic nitrogens is 2. The molecule has 4 rings (SSSR count). The maximum absolute atomic E-state index is 14.0. The van der Waals surface area contributed by atoms with Crippen LogP contribution in [-0.4, -0.2) is 15.9 Å². The zero-order chi connectivity index (χ0) is 25.8. The Morgan fingerprint density at radius 3 is 2.08 bits per heavy atom. The molecule has 0 fully saturated rings.